The summed E-state index contributed by atoms with van der Waals surface area (Å²) in [6.07, 6.45) is -2.91. The number of nitrogens with one attached hydrogen (secondary N) is 1. The number of hydrogen-bond acceptors (Lipinski definition) is 4. The maximum atomic E-state index is 13.0. The summed E-state index contributed by atoms with van der Waals surface area (Å²) in [6.45, 7) is 2.16. The fourth-order valence-corrected chi connectivity index (χ4v) is 3.99. The van der Waals surface area contributed by atoms with E-state index in [-0.39, 0.29) is 17.2 Å². The number of hydrogen-bond donors (Lipinski definition) is 1. The van der Waals surface area contributed by atoms with E-state index in [2.05, 4.69) is 27.1 Å². The molecule has 2 aromatic heterocycles. The Morgan fingerprint density at radius 3 is 2.41 bits per heavy atom. The van der Waals surface area contributed by atoms with Gasteiger partial charge in [0.05, 0.1) is 28.4 Å². The molecule has 1 fully saturated rings. The fraction of sp³-hybridized carbons (Fsp3) is 0.409. The maximum Gasteiger partial charge on any atom is 0.573 e. The molecule has 182 valence electrons. The van der Waals surface area contributed by atoms with Crippen LogP contribution in [0.4, 0.5) is 32.0 Å². The molecule has 3 aromatic rings. The van der Waals surface area contributed by atoms with Gasteiger partial charge in [-0.2, -0.15) is 18.3 Å². The van der Waals surface area contributed by atoms with Crippen molar-refractivity contribution < 1.29 is 35.9 Å². The molecule has 6 nitrogen and oxygen atoms in total. The smallest absolute Gasteiger partial charge is 0.403 e. The van der Waals surface area contributed by atoms with Crippen LogP contribution in [0.2, 0.25) is 0 Å². The SMILES string of the molecule is CC1CCC(n2cc3cc(NC(=O)c4cncc(C(F)(F)F)c4)c(OC(F)(F)F)cc3n2)CC1. The summed E-state index contributed by atoms with van der Waals surface area (Å²) < 4.78 is 83.6. The molecule has 0 unspecified atom stereocenters. The Labute approximate surface area is 189 Å². The Morgan fingerprint density at radius 1 is 1.06 bits per heavy atom. The second-order valence-electron chi connectivity index (χ2n) is 8.39. The van der Waals surface area contributed by atoms with Gasteiger partial charge in [-0.3, -0.25) is 14.5 Å². The van der Waals surface area contributed by atoms with Crippen molar-refractivity contribution in [2.24, 2.45) is 5.92 Å². The van der Waals surface area contributed by atoms with Gasteiger partial charge in [0.25, 0.3) is 5.91 Å². The first kappa shape index (κ1) is 23.8. The average molecular weight is 486 g/mol. The van der Waals surface area contributed by atoms with Crippen LogP contribution in [0.15, 0.2) is 36.8 Å². The minimum atomic E-state index is -5.06. The summed E-state index contributed by atoms with van der Waals surface area (Å²) in [7, 11) is 0. The standard InChI is InChI=1S/C22H20F6N4O2/c1-12-2-4-16(5-3-12)32-11-14-7-18(19(8-17(14)31-32)34-22(26,27)28)30-20(33)13-6-15(10-29-9-13)21(23,24)25/h6-12,16H,2-5H2,1H3,(H,30,33). The summed E-state index contributed by atoms with van der Waals surface area (Å²) in [4.78, 5) is 16.0. The van der Waals surface area contributed by atoms with Crippen LogP contribution in [0.5, 0.6) is 5.75 Å². The number of amides is 1. The topological polar surface area (TPSA) is 69.0 Å². The Balaban J connectivity index is 1.67. The molecular weight excluding hydrogens is 466 g/mol. The molecule has 1 amide bonds. The summed E-state index contributed by atoms with van der Waals surface area (Å²) in [5.41, 5.74) is -1.76. The van der Waals surface area contributed by atoms with Gasteiger partial charge in [-0.25, -0.2) is 0 Å². The minimum Gasteiger partial charge on any atom is -0.403 e. The van der Waals surface area contributed by atoms with E-state index in [0.717, 1.165) is 37.9 Å². The zero-order chi connectivity index (χ0) is 24.7. The molecule has 1 aromatic carbocycles. The lowest BCUT2D eigenvalue weighted by atomic mass is 9.87. The first-order valence-corrected chi connectivity index (χ1v) is 10.5. The molecule has 0 atom stereocenters. The third kappa shape index (κ3) is 5.42. The third-order valence-corrected chi connectivity index (χ3v) is 5.78. The largest absolute Gasteiger partial charge is 0.573 e. The predicted molar refractivity (Wildman–Crippen MR) is 110 cm³/mol. The molecule has 34 heavy (non-hydrogen) atoms. The van der Waals surface area contributed by atoms with Gasteiger partial charge in [-0.15, -0.1) is 13.2 Å². The normalized spacial score (nSPS) is 19.3. The first-order chi connectivity index (χ1) is 15.9. The van der Waals surface area contributed by atoms with Crippen molar-refractivity contribution >= 4 is 22.5 Å². The summed E-state index contributed by atoms with van der Waals surface area (Å²) in [5, 5.41) is 7.05. The number of benzene rings is 1. The lowest BCUT2D eigenvalue weighted by Crippen LogP contribution is -2.20. The monoisotopic (exact) mass is 486 g/mol. The van der Waals surface area contributed by atoms with E-state index in [1.54, 1.807) is 10.9 Å². The van der Waals surface area contributed by atoms with Crippen LogP contribution >= 0.6 is 0 Å². The molecular formula is C22H20F6N4O2. The van der Waals surface area contributed by atoms with Crippen molar-refractivity contribution in [1.29, 1.82) is 0 Å². The van der Waals surface area contributed by atoms with E-state index in [0.29, 0.717) is 23.6 Å². The van der Waals surface area contributed by atoms with Gasteiger partial charge >= 0.3 is 12.5 Å². The van der Waals surface area contributed by atoms with E-state index in [9.17, 15) is 31.1 Å². The molecule has 1 N–H and O–H groups in total. The van der Waals surface area contributed by atoms with Gasteiger partial charge in [-0.05, 0) is 43.7 Å². The molecule has 1 saturated carbocycles. The van der Waals surface area contributed by atoms with Gasteiger partial charge in [0.1, 0.15) is 0 Å². The zero-order valence-corrected chi connectivity index (χ0v) is 17.9. The van der Waals surface area contributed by atoms with Crippen LogP contribution < -0.4 is 10.1 Å². The Morgan fingerprint density at radius 2 is 1.76 bits per heavy atom. The second kappa shape index (κ2) is 8.80. The number of carbonyl (C=O) groups is 1. The molecule has 0 bridgehead atoms. The van der Waals surface area contributed by atoms with Crippen LogP contribution in [0.25, 0.3) is 10.9 Å². The summed E-state index contributed by atoms with van der Waals surface area (Å²) in [6, 6.07) is 2.97. The van der Waals surface area contributed by atoms with Crippen LogP contribution in [-0.2, 0) is 6.18 Å². The zero-order valence-electron chi connectivity index (χ0n) is 17.9. The number of ether oxygens (including phenoxy) is 1. The number of alkyl halides is 6. The number of aromatic nitrogens is 3. The lowest BCUT2D eigenvalue weighted by molar-refractivity contribution is -0.274. The molecule has 4 rings (SSSR count). The Hall–Kier alpha value is -3.31. The minimum absolute atomic E-state index is 0.102. The van der Waals surface area contributed by atoms with E-state index in [4.69, 9.17) is 0 Å². The number of fused-ring (bicyclic) bond motifs is 1. The molecule has 12 heteroatoms. The van der Waals surface area contributed by atoms with Crippen molar-refractivity contribution in [3.63, 3.8) is 0 Å². The lowest BCUT2D eigenvalue weighted by Gasteiger charge is -2.26. The molecule has 1 aliphatic carbocycles. The number of halogens is 6. The predicted octanol–water partition coefficient (Wildman–Crippen LogP) is 6.35. The van der Waals surface area contributed by atoms with Crippen molar-refractivity contribution in [3.05, 3.63) is 47.9 Å². The Bertz CT molecular complexity index is 1200. The van der Waals surface area contributed by atoms with Crippen LogP contribution in [0.1, 0.15) is 54.6 Å². The molecule has 0 spiro atoms. The van der Waals surface area contributed by atoms with E-state index >= 15 is 0 Å². The fourth-order valence-electron chi connectivity index (χ4n) is 3.99. The number of pyridine rings is 1. The maximum absolute atomic E-state index is 13.0. The summed E-state index contributed by atoms with van der Waals surface area (Å²) in [5.74, 6) is -1.20. The van der Waals surface area contributed by atoms with Crippen LogP contribution in [-0.4, -0.2) is 27.0 Å². The highest BCUT2D eigenvalue weighted by Gasteiger charge is 2.34. The van der Waals surface area contributed by atoms with E-state index in [1.807, 2.05) is 0 Å². The molecule has 0 saturated heterocycles. The highest BCUT2D eigenvalue weighted by atomic mass is 19.4. The average Bonchev–Trinajstić information content (AvgIpc) is 3.15. The van der Waals surface area contributed by atoms with Gasteiger partial charge in [-0.1, -0.05) is 6.92 Å². The van der Waals surface area contributed by atoms with Crippen LogP contribution in [0.3, 0.4) is 0 Å². The van der Waals surface area contributed by atoms with Gasteiger partial charge in [0.2, 0.25) is 0 Å². The number of carbonyl (C=O) groups excluding carboxylic acids is 1. The van der Waals surface area contributed by atoms with E-state index < -0.39 is 35.3 Å². The third-order valence-electron chi connectivity index (χ3n) is 5.78. The summed E-state index contributed by atoms with van der Waals surface area (Å²) >= 11 is 0. The number of anilines is 1. The Kier molecular flexibility index (Phi) is 6.17. The van der Waals surface area contributed by atoms with Crippen LogP contribution in [0, 0.1) is 5.92 Å². The first-order valence-electron chi connectivity index (χ1n) is 10.5. The van der Waals surface area contributed by atoms with Crippen molar-refractivity contribution in [3.8, 4) is 5.75 Å². The van der Waals surface area contributed by atoms with Gasteiger partial charge in [0, 0.05) is 30.0 Å². The van der Waals surface area contributed by atoms with E-state index in [1.165, 1.54) is 6.07 Å². The number of rotatable bonds is 4. The quantitative estimate of drug-likeness (QED) is 0.436. The van der Waals surface area contributed by atoms with Crippen molar-refractivity contribution in [1.82, 2.24) is 14.8 Å². The molecule has 1 aliphatic rings. The van der Waals surface area contributed by atoms with Crippen molar-refractivity contribution in [2.75, 3.05) is 5.32 Å². The highest BCUT2D eigenvalue weighted by Crippen LogP contribution is 2.37. The number of nitrogens with zero attached hydrogens (tertiary/aromatic N) is 3. The second-order valence-corrected chi connectivity index (χ2v) is 8.39. The van der Waals surface area contributed by atoms with Crippen molar-refractivity contribution in [2.45, 2.75) is 51.2 Å². The van der Waals surface area contributed by atoms with Gasteiger partial charge < -0.3 is 10.1 Å². The molecule has 2 heterocycles. The molecule has 0 radical (unpaired) electrons. The molecule has 0 aliphatic heterocycles. The highest BCUT2D eigenvalue weighted by molar-refractivity contribution is 6.06. The van der Waals surface area contributed by atoms with Gasteiger partial charge in [0.15, 0.2) is 5.75 Å².